The smallest absolute Gasteiger partial charge is 0.236 e. The second kappa shape index (κ2) is 10.2. The van der Waals surface area contributed by atoms with Crippen molar-refractivity contribution in [2.24, 2.45) is 4.99 Å². The normalized spacial score (nSPS) is 18.6. The molecule has 1 aromatic carbocycles. The van der Waals surface area contributed by atoms with Crippen molar-refractivity contribution in [1.82, 2.24) is 25.0 Å². The summed E-state index contributed by atoms with van der Waals surface area (Å²) in [5, 5.41) is 4.82. The number of carbonyl (C=O) groups excluding carboxylic acids is 1. The Morgan fingerprint density at radius 3 is 2.65 bits per heavy atom. The summed E-state index contributed by atoms with van der Waals surface area (Å²) >= 11 is 0. The molecule has 168 valence electrons. The molecular formula is C23H34N6O2. The van der Waals surface area contributed by atoms with Crippen LogP contribution in [0.2, 0.25) is 0 Å². The highest BCUT2D eigenvalue weighted by Gasteiger charge is 2.24. The molecule has 8 heteroatoms. The Kier molecular flexibility index (Phi) is 7.09. The lowest BCUT2D eigenvalue weighted by molar-refractivity contribution is -0.136. The van der Waals surface area contributed by atoms with Gasteiger partial charge >= 0.3 is 0 Å². The van der Waals surface area contributed by atoms with Crippen LogP contribution < -0.4 is 5.32 Å². The number of aryl methyl sites for hydroxylation is 1. The third kappa shape index (κ3) is 5.19. The van der Waals surface area contributed by atoms with E-state index in [1.807, 2.05) is 11.9 Å². The summed E-state index contributed by atoms with van der Waals surface area (Å²) in [6.07, 6.45) is 3.06. The molecule has 1 amide bonds. The van der Waals surface area contributed by atoms with Crippen LogP contribution in [0.1, 0.15) is 11.1 Å². The number of nitrogens with one attached hydrogen (secondary N) is 2. The van der Waals surface area contributed by atoms with Crippen LogP contribution >= 0.6 is 0 Å². The van der Waals surface area contributed by atoms with Gasteiger partial charge in [-0.25, -0.2) is 0 Å². The van der Waals surface area contributed by atoms with Gasteiger partial charge in [0.15, 0.2) is 5.96 Å². The molecule has 0 radical (unpaired) electrons. The van der Waals surface area contributed by atoms with Crippen molar-refractivity contribution < 1.29 is 9.53 Å². The minimum absolute atomic E-state index is 0.216. The molecule has 0 bridgehead atoms. The molecule has 2 aromatic rings. The molecule has 0 unspecified atom stereocenters. The summed E-state index contributed by atoms with van der Waals surface area (Å²) in [7, 11) is 1.84. The molecule has 2 fully saturated rings. The molecule has 31 heavy (non-hydrogen) atoms. The molecule has 0 aliphatic carbocycles. The lowest BCUT2D eigenvalue weighted by Gasteiger charge is -2.37. The molecule has 1 aromatic heterocycles. The van der Waals surface area contributed by atoms with Crippen LogP contribution in [-0.4, -0.2) is 104 Å². The van der Waals surface area contributed by atoms with Crippen LogP contribution in [0.3, 0.4) is 0 Å². The second-order valence-corrected chi connectivity index (χ2v) is 8.29. The summed E-state index contributed by atoms with van der Waals surface area (Å²) in [4.78, 5) is 26.8. The van der Waals surface area contributed by atoms with Crippen LogP contribution in [0.5, 0.6) is 0 Å². The molecule has 0 atom stereocenters. The zero-order valence-electron chi connectivity index (χ0n) is 18.7. The van der Waals surface area contributed by atoms with E-state index >= 15 is 0 Å². The summed E-state index contributed by atoms with van der Waals surface area (Å²) < 4.78 is 5.34. The Morgan fingerprint density at radius 2 is 1.90 bits per heavy atom. The number of benzene rings is 1. The lowest BCUT2D eigenvalue weighted by atomic mass is 10.1. The Bertz CT molecular complexity index is 910. The van der Waals surface area contributed by atoms with Gasteiger partial charge in [-0.3, -0.25) is 14.7 Å². The van der Waals surface area contributed by atoms with Crippen molar-refractivity contribution >= 4 is 22.8 Å². The van der Waals surface area contributed by atoms with E-state index in [1.165, 1.54) is 22.0 Å². The number of morpholine rings is 1. The van der Waals surface area contributed by atoms with Gasteiger partial charge in [0.1, 0.15) is 0 Å². The van der Waals surface area contributed by atoms with Gasteiger partial charge in [0.25, 0.3) is 0 Å². The van der Waals surface area contributed by atoms with E-state index in [-0.39, 0.29) is 5.91 Å². The Morgan fingerprint density at radius 1 is 1.13 bits per heavy atom. The fraction of sp³-hybridized carbons (Fsp3) is 0.565. The van der Waals surface area contributed by atoms with Gasteiger partial charge in [-0.1, -0.05) is 18.2 Å². The molecule has 8 nitrogen and oxygen atoms in total. The van der Waals surface area contributed by atoms with E-state index in [0.29, 0.717) is 32.8 Å². The molecule has 2 aliphatic rings. The van der Waals surface area contributed by atoms with Crippen molar-refractivity contribution in [3.05, 3.63) is 35.5 Å². The third-order valence-corrected chi connectivity index (χ3v) is 6.29. The number of H-pyrrole nitrogens is 1. The molecule has 0 saturated carbocycles. The van der Waals surface area contributed by atoms with Crippen molar-refractivity contribution in [2.45, 2.75) is 13.3 Å². The molecule has 2 aliphatic heterocycles. The van der Waals surface area contributed by atoms with Gasteiger partial charge in [-0.05, 0) is 24.5 Å². The van der Waals surface area contributed by atoms with Crippen molar-refractivity contribution in [3.8, 4) is 0 Å². The molecule has 2 N–H and O–H groups in total. The quantitative estimate of drug-likeness (QED) is 0.553. The van der Waals surface area contributed by atoms with Crippen molar-refractivity contribution in [2.75, 3.05) is 72.6 Å². The first-order chi connectivity index (χ1) is 15.2. The summed E-state index contributed by atoms with van der Waals surface area (Å²) in [5.74, 6) is 1.16. The van der Waals surface area contributed by atoms with Crippen LogP contribution in [0.25, 0.3) is 10.9 Å². The predicted molar refractivity (Wildman–Crippen MR) is 124 cm³/mol. The first-order valence-electron chi connectivity index (χ1n) is 11.2. The van der Waals surface area contributed by atoms with E-state index in [1.54, 1.807) is 0 Å². The highest BCUT2D eigenvalue weighted by molar-refractivity contribution is 5.86. The van der Waals surface area contributed by atoms with Crippen LogP contribution in [0.15, 0.2) is 29.4 Å². The average molecular weight is 427 g/mol. The maximum absolute atomic E-state index is 12.5. The number of nitrogens with zero attached hydrogens (tertiary/aromatic N) is 4. The number of rotatable bonds is 5. The number of guanidine groups is 1. The average Bonchev–Trinajstić information content (AvgIpc) is 3.22. The van der Waals surface area contributed by atoms with Gasteiger partial charge in [-0.15, -0.1) is 0 Å². The number of aromatic nitrogens is 1. The molecule has 3 heterocycles. The number of piperazine rings is 1. The van der Waals surface area contributed by atoms with Crippen LogP contribution in [0.4, 0.5) is 0 Å². The Hall–Kier alpha value is -2.58. The molecule has 2 saturated heterocycles. The number of fused-ring (bicyclic) bond motifs is 1. The number of para-hydroxylation sites is 1. The highest BCUT2D eigenvalue weighted by atomic mass is 16.5. The zero-order chi connectivity index (χ0) is 21.6. The summed E-state index contributed by atoms with van der Waals surface area (Å²) in [5.41, 5.74) is 3.83. The van der Waals surface area contributed by atoms with Crippen LogP contribution in [-0.2, 0) is 16.0 Å². The summed E-state index contributed by atoms with van der Waals surface area (Å²) in [6.45, 7) is 9.71. The Labute approximate surface area is 184 Å². The topological polar surface area (TPSA) is 76.2 Å². The fourth-order valence-corrected chi connectivity index (χ4v) is 4.43. The number of hydrogen-bond donors (Lipinski definition) is 2. The monoisotopic (exact) mass is 426 g/mol. The minimum atomic E-state index is 0.216. The first kappa shape index (κ1) is 21.6. The number of amides is 1. The molecular weight excluding hydrogens is 392 g/mol. The van der Waals surface area contributed by atoms with E-state index in [0.717, 1.165) is 45.1 Å². The number of aromatic amines is 1. The maximum Gasteiger partial charge on any atom is 0.236 e. The molecule has 4 rings (SSSR count). The maximum atomic E-state index is 12.5. The van der Waals surface area contributed by atoms with Gasteiger partial charge in [0.2, 0.25) is 5.91 Å². The van der Waals surface area contributed by atoms with Gasteiger partial charge in [-0.2, -0.15) is 0 Å². The van der Waals surface area contributed by atoms with E-state index in [2.05, 4.69) is 56.4 Å². The van der Waals surface area contributed by atoms with Gasteiger partial charge in [0.05, 0.1) is 19.8 Å². The SMILES string of the molecule is CN=C(NCCc1c[nH]c2c(C)cccc12)N1CCN(CC(=O)N2CCOCC2)CC1. The summed E-state index contributed by atoms with van der Waals surface area (Å²) in [6, 6.07) is 6.43. The first-order valence-corrected chi connectivity index (χ1v) is 11.2. The largest absolute Gasteiger partial charge is 0.378 e. The van der Waals surface area contributed by atoms with E-state index in [4.69, 9.17) is 4.74 Å². The van der Waals surface area contributed by atoms with Crippen molar-refractivity contribution in [3.63, 3.8) is 0 Å². The number of hydrogen-bond acceptors (Lipinski definition) is 4. The van der Waals surface area contributed by atoms with Crippen LogP contribution in [0, 0.1) is 6.92 Å². The van der Waals surface area contributed by atoms with Crippen molar-refractivity contribution in [1.29, 1.82) is 0 Å². The highest BCUT2D eigenvalue weighted by Crippen LogP contribution is 2.21. The molecule has 0 spiro atoms. The van der Waals surface area contributed by atoms with Gasteiger partial charge < -0.3 is 24.8 Å². The number of ether oxygens (including phenoxy) is 1. The predicted octanol–water partition coefficient (Wildman–Crippen LogP) is 1.07. The minimum Gasteiger partial charge on any atom is -0.378 e. The fourth-order valence-electron chi connectivity index (χ4n) is 4.43. The Balaban J connectivity index is 1.23. The number of carbonyl (C=O) groups is 1. The van der Waals surface area contributed by atoms with E-state index < -0.39 is 0 Å². The zero-order valence-corrected chi connectivity index (χ0v) is 18.7. The second-order valence-electron chi connectivity index (χ2n) is 8.29. The number of aliphatic imine (C=N–C) groups is 1. The standard InChI is InChI=1S/C23H34N6O2/c1-18-4-3-5-20-19(16-26-22(18)20)6-7-25-23(24-2)29-10-8-27(9-11-29)17-21(30)28-12-14-31-15-13-28/h3-5,16,26H,6-15,17H2,1-2H3,(H,24,25). The van der Waals surface area contributed by atoms with E-state index in [9.17, 15) is 4.79 Å². The lowest BCUT2D eigenvalue weighted by Crippen LogP contribution is -2.55. The van der Waals surface area contributed by atoms with Gasteiger partial charge in [0, 0.05) is 70.0 Å². The third-order valence-electron chi connectivity index (χ3n) is 6.29.